The number of halogens is 1. The van der Waals surface area contributed by atoms with E-state index in [9.17, 15) is 13.2 Å². The number of amides is 1. The van der Waals surface area contributed by atoms with E-state index in [0.29, 0.717) is 23.7 Å². The number of carbonyl (C=O) groups is 1. The van der Waals surface area contributed by atoms with Gasteiger partial charge < -0.3 is 4.90 Å². The van der Waals surface area contributed by atoms with Gasteiger partial charge in [0.1, 0.15) is 0 Å². The average Bonchev–Trinajstić information content (AvgIpc) is 2.56. The van der Waals surface area contributed by atoms with E-state index in [1.807, 2.05) is 6.92 Å². The lowest BCUT2D eigenvalue weighted by Crippen LogP contribution is -2.35. The standard InChI is InChI=1S/C18H19ClN2O3S/c1-13-11-15(8-9-17(13)21-10-3-2-7-18(21)22)20-25(23,24)16-6-4-5-14(19)12-16/h4-6,8-9,11-12,20H,2-3,7,10H2,1H3. The van der Waals surface area contributed by atoms with Crippen LogP contribution in [0.4, 0.5) is 11.4 Å². The molecular formula is C18H19ClN2O3S. The van der Waals surface area contributed by atoms with Gasteiger partial charge in [-0.2, -0.15) is 0 Å². The molecule has 0 aliphatic carbocycles. The zero-order valence-corrected chi connectivity index (χ0v) is 15.4. The van der Waals surface area contributed by atoms with Gasteiger partial charge in [-0.3, -0.25) is 9.52 Å². The van der Waals surface area contributed by atoms with Crippen LogP contribution in [0.3, 0.4) is 0 Å². The Bertz CT molecular complexity index is 912. The molecule has 0 aromatic heterocycles. The number of sulfonamides is 1. The number of carbonyl (C=O) groups excluding carboxylic acids is 1. The quantitative estimate of drug-likeness (QED) is 0.875. The number of nitrogens with zero attached hydrogens (tertiary/aromatic N) is 1. The van der Waals surface area contributed by atoms with Crippen LogP contribution >= 0.6 is 11.6 Å². The molecule has 5 nitrogen and oxygen atoms in total. The van der Waals surface area contributed by atoms with Crippen LogP contribution in [0.5, 0.6) is 0 Å². The van der Waals surface area contributed by atoms with Gasteiger partial charge in [0.05, 0.1) is 4.90 Å². The molecule has 1 aliphatic heterocycles. The van der Waals surface area contributed by atoms with Crippen molar-refractivity contribution in [3.8, 4) is 0 Å². The third-order valence-electron chi connectivity index (χ3n) is 4.17. The van der Waals surface area contributed by atoms with E-state index >= 15 is 0 Å². The van der Waals surface area contributed by atoms with Crippen molar-refractivity contribution in [2.45, 2.75) is 31.1 Å². The Labute approximate surface area is 152 Å². The molecule has 0 atom stereocenters. The van der Waals surface area contributed by atoms with Crippen molar-refractivity contribution in [1.82, 2.24) is 0 Å². The summed E-state index contributed by atoms with van der Waals surface area (Å²) in [5.41, 5.74) is 2.13. The zero-order valence-electron chi connectivity index (χ0n) is 13.8. The molecule has 0 unspecified atom stereocenters. The maximum absolute atomic E-state index is 12.5. The smallest absolute Gasteiger partial charge is 0.261 e. The first-order valence-electron chi connectivity index (χ1n) is 8.06. The summed E-state index contributed by atoms with van der Waals surface area (Å²) in [6, 6.07) is 11.3. The largest absolute Gasteiger partial charge is 0.312 e. The highest BCUT2D eigenvalue weighted by atomic mass is 35.5. The number of nitrogens with one attached hydrogen (secondary N) is 1. The third kappa shape index (κ3) is 3.96. The van der Waals surface area contributed by atoms with E-state index in [1.165, 1.54) is 12.1 Å². The second kappa shape index (κ2) is 7.06. The fraction of sp³-hybridized carbons (Fsp3) is 0.278. The number of hydrogen-bond donors (Lipinski definition) is 1. The van der Waals surface area contributed by atoms with Crippen LogP contribution < -0.4 is 9.62 Å². The molecule has 1 aliphatic rings. The van der Waals surface area contributed by atoms with Gasteiger partial charge >= 0.3 is 0 Å². The Hall–Kier alpha value is -2.05. The molecule has 132 valence electrons. The molecule has 0 spiro atoms. The molecule has 1 amide bonds. The Morgan fingerprint density at radius 3 is 2.60 bits per heavy atom. The van der Waals surface area contributed by atoms with Gasteiger partial charge in [0.15, 0.2) is 0 Å². The van der Waals surface area contributed by atoms with Crippen molar-refractivity contribution in [3.63, 3.8) is 0 Å². The SMILES string of the molecule is Cc1cc(NS(=O)(=O)c2cccc(Cl)c2)ccc1N1CCCCC1=O. The van der Waals surface area contributed by atoms with Crippen molar-refractivity contribution in [2.75, 3.05) is 16.2 Å². The van der Waals surface area contributed by atoms with Crippen LogP contribution in [0.1, 0.15) is 24.8 Å². The minimum Gasteiger partial charge on any atom is -0.312 e. The molecule has 2 aromatic rings. The van der Waals surface area contributed by atoms with Gasteiger partial charge in [0.25, 0.3) is 10.0 Å². The van der Waals surface area contributed by atoms with Crippen molar-refractivity contribution in [3.05, 3.63) is 53.1 Å². The number of rotatable bonds is 4. The maximum Gasteiger partial charge on any atom is 0.261 e. The molecule has 0 radical (unpaired) electrons. The van der Waals surface area contributed by atoms with Crippen LogP contribution in [0.25, 0.3) is 0 Å². The molecule has 25 heavy (non-hydrogen) atoms. The van der Waals surface area contributed by atoms with Gasteiger partial charge in [0, 0.05) is 29.4 Å². The van der Waals surface area contributed by atoms with E-state index in [2.05, 4.69) is 4.72 Å². The topological polar surface area (TPSA) is 66.5 Å². The Kier molecular flexibility index (Phi) is 5.01. The molecule has 3 rings (SSSR count). The summed E-state index contributed by atoms with van der Waals surface area (Å²) in [4.78, 5) is 14.0. The second-order valence-corrected chi connectivity index (χ2v) is 8.19. The molecule has 0 bridgehead atoms. The number of piperidine rings is 1. The highest BCUT2D eigenvalue weighted by Gasteiger charge is 2.21. The minimum absolute atomic E-state index is 0.105. The fourth-order valence-electron chi connectivity index (χ4n) is 2.93. The lowest BCUT2D eigenvalue weighted by molar-refractivity contribution is -0.119. The normalized spacial score (nSPS) is 15.3. The van der Waals surface area contributed by atoms with E-state index in [4.69, 9.17) is 11.6 Å². The van der Waals surface area contributed by atoms with Gasteiger partial charge in [0.2, 0.25) is 5.91 Å². The second-order valence-electron chi connectivity index (χ2n) is 6.07. The van der Waals surface area contributed by atoms with Gasteiger partial charge in [-0.15, -0.1) is 0 Å². The molecule has 1 fully saturated rings. The van der Waals surface area contributed by atoms with E-state index in [0.717, 1.165) is 24.1 Å². The number of aryl methyl sites for hydroxylation is 1. The molecule has 7 heteroatoms. The van der Waals surface area contributed by atoms with Crippen LogP contribution in [-0.4, -0.2) is 20.9 Å². The van der Waals surface area contributed by atoms with E-state index in [1.54, 1.807) is 35.2 Å². The van der Waals surface area contributed by atoms with Crippen LogP contribution in [0.15, 0.2) is 47.4 Å². The Balaban J connectivity index is 1.84. The average molecular weight is 379 g/mol. The van der Waals surface area contributed by atoms with E-state index < -0.39 is 10.0 Å². The first-order chi connectivity index (χ1) is 11.9. The minimum atomic E-state index is -3.72. The lowest BCUT2D eigenvalue weighted by atomic mass is 10.1. The molecule has 0 saturated carbocycles. The van der Waals surface area contributed by atoms with Crippen molar-refractivity contribution >= 4 is 38.9 Å². The fourth-order valence-corrected chi connectivity index (χ4v) is 4.28. The van der Waals surface area contributed by atoms with Gasteiger partial charge in [-0.05, 0) is 61.7 Å². The van der Waals surface area contributed by atoms with Gasteiger partial charge in [-0.25, -0.2) is 8.42 Å². The van der Waals surface area contributed by atoms with Crippen LogP contribution in [0, 0.1) is 6.92 Å². The van der Waals surface area contributed by atoms with Crippen molar-refractivity contribution in [1.29, 1.82) is 0 Å². The zero-order chi connectivity index (χ0) is 18.0. The number of benzene rings is 2. The number of anilines is 2. The lowest BCUT2D eigenvalue weighted by Gasteiger charge is -2.28. The van der Waals surface area contributed by atoms with Crippen molar-refractivity contribution in [2.24, 2.45) is 0 Å². The maximum atomic E-state index is 12.5. The van der Waals surface area contributed by atoms with E-state index in [-0.39, 0.29) is 10.8 Å². The summed E-state index contributed by atoms with van der Waals surface area (Å²) < 4.78 is 27.5. The molecular weight excluding hydrogens is 360 g/mol. The van der Waals surface area contributed by atoms with Crippen LogP contribution in [-0.2, 0) is 14.8 Å². The number of hydrogen-bond acceptors (Lipinski definition) is 3. The van der Waals surface area contributed by atoms with Crippen LogP contribution in [0.2, 0.25) is 5.02 Å². The predicted octanol–water partition coefficient (Wildman–Crippen LogP) is 3.97. The highest BCUT2D eigenvalue weighted by molar-refractivity contribution is 7.92. The molecule has 1 saturated heterocycles. The molecule has 1 heterocycles. The predicted molar refractivity (Wildman–Crippen MR) is 99.6 cm³/mol. The molecule has 1 N–H and O–H groups in total. The Morgan fingerprint density at radius 2 is 1.92 bits per heavy atom. The monoisotopic (exact) mass is 378 g/mol. The summed E-state index contributed by atoms with van der Waals surface area (Å²) >= 11 is 5.87. The Morgan fingerprint density at radius 1 is 1.12 bits per heavy atom. The molecule has 2 aromatic carbocycles. The summed E-state index contributed by atoms with van der Waals surface area (Å²) in [6.45, 7) is 2.57. The summed E-state index contributed by atoms with van der Waals surface area (Å²) in [5, 5.41) is 0.359. The highest BCUT2D eigenvalue weighted by Crippen LogP contribution is 2.28. The summed E-state index contributed by atoms with van der Waals surface area (Å²) in [7, 11) is -3.72. The van der Waals surface area contributed by atoms with Gasteiger partial charge in [-0.1, -0.05) is 17.7 Å². The first-order valence-corrected chi connectivity index (χ1v) is 9.92. The first kappa shape index (κ1) is 17.8. The third-order valence-corrected chi connectivity index (χ3v) is 5.78. The summed E-state index contributed by atoms with van der Waals surface area (Å²) in [6.07, 6.45) is 2.46. The summed E-state index contributed by atoms with van der Waals surface area (Å²) in [5.74, 6) is 0.113. The van der Waals surface area contributed by atoms with Crippen molar-refractivity contribution < 1.29 is 13.2 Å².